The second-order valence-electron chi connectivity index (χ2n) is 5.37. The maximum atomic E-state index is 12.5. The molecule has 3 aromatic rings. The highest BCUT2D eigenvalue weighted by atomic mass is 32.2. The SMILES string of the molecule is CCS(=O)(=O)c1ccc(NC(=O)c2cncn2-c2ccccc2)cc1. The number of carbonyl (C=O) groups is 1. The van der Waals surface area contributed by atoms with E-state index in [0.29, 0.717) is 11.4 Å². The number of para-hydroxylation sites is 1. The maximum Gasteiger partial charge on any atom is 0.274 e. The largest absolute Gasteiger partial charge is 0.321 e. The maximum absolute atomic E-state index is 12.5. The van der Waals surface area contributed by atoms with E-state index in [1.165, 1.54) is 18.3 Å². The van der Waals surface area contributed by atoms with Crippen molar-refractivity contribution in [3.63, 3.8) is 0 Å². The zero-order valence-electron chi connectivity index (χ0n) is 13.6. The van der Waals surface area contributed by atoms with Crippen LogP contribution in [0.4, 0.5) is 5.69 Å². The summed E-state index contributed by atoms with van der Waals surface area (Å²) in [5.41, 5.74) is 1.73. The summed E-state index contributed by atoms with van der Waals surface area (Å²) in [6, 6.07) is 15.5. The van der Waals surface area contributed by atoms with Crippen molar-refractivity contribution < 1.29 is 13.2 Å². The fourth-order valence-electron chi connectivity index (χ4n) is 2.36. The Kier molecular flexibility index (Phi) is 4.67. The zero-order chi connectivity index (χ0) is 17.9. The Morgan fingerprint density at radius 1 is 1.08 bits per heavy atom. The van der Waals surface area contributed by atoms with E-state index >= 15 is 0 Å². The first kappa shape index (κ1) is 16.9. The van der Waals surface area contributed by atoms with Gasteiger partial charge >= 0.3 is 0 Å². The van der Waals surface area contributed by atoms with Gasteiger partial charge in [-0.25, -0.2) is 13.4 Å². The molecule has 1 heterocycles. The fraction of sp³-hybridized carbons (Fsp3) is 0.111. The van der Waals surface area contributed by atoms with Gasteiger partial charge in [-0.1, -0.05) is 25.1 Å². The number of carbonyl (C=O) groups excluding carboxylic acids is 1. The monoisotopic (exact) mass is 355 g/mol. The molecule has 1 aromatic heterocycles. The van der Waals surface area contributed by atoms with Crippen molar-refractivity contribution in [1.29, 1.82) is 0 Å². The highest BCUT2D eigenvalue weighted by Gasteiger charge is 2.15. The van der Waals surface area contributed by atoms with Crippen LogP contribution in [-0.4, -0.2) is 29.6 Å². The molecule has 7 heteroatoms. The third kappa shape index (κ3) is 3.61. The van der Waals surface area contributed by atoms with Gasteiger partial charge in [-0.2, -0.15) is 0 Å². The molecular weight excluding hydrogens is 338 g/mol. The van der Waals surface area contributed by atoms with Crippen molar-refractivity contribution in [2.45, 2.75) is 11.8 Å². The first-order valence-corrected chi connectivity index (χ1v) is 9.38. The second-order valence-corrected chi connectivity index (χ2v) is 7.64. The number of hydrogen-bond acceptors (Lipinski definition) is 4. The minimum atomic E-state index is -3.26. The molecule has 3 rings (SSSR count). The Balaban J connectivity index is 1.81. The van der Waals surface area contributed by atoms with Crippen molar-refractivity contribution in [2.75, 3.05) is 11.1 Å². The molecule has 0 bridgehead atoms. The van der Waals surface area contributed by atoms with Crippen molar-refractivity contribution in [3.05, 3.63) is 72.8 Å². The summed E-state index contributed by atoms with van der Waals surface area (Å²) >= 11 is 0. The normalized spacial score (nSPS) is 11.2. The molecule has 0 aliphatic heterocycles. The lowest BCUT2D eigenvalue weighted by Gasteiger charge is -2.09. The summed E-state index contributed by atoms with van der Waals surface area (Å²) in [6.45, 7) is 1.59. The number of amides is 1. The van der Waals surface area contributed by atoms with E-state index in [-0.39, 0.29) is 16.6 Å². The van der Waals surface area contributed by atoms with Crippen LogP contribution in [0.1, 0.15) is 17.4 Å². The molecule has 0 saturated carbocycles. The first-order chi connectivity index (χ1) is 12.0. The third-order valence-corrected chi connectivity index (χ3v) is 5.51. The molecule has 0 fully saturated rings. The van der Waals surface area contributed by atoms with Crippen molar-refractivity contribution >= 4 is 21.4 Å². The van der Waals surface area contributed by atoms with Crippen LogP contribution in [0.2, 0.25) is 0 Å². The second kappa shape index (κ2) is 6.90. The zero-order valence-corrected chi connectivity index (χ0v) is 14.4. The fourth-order valence-corrected chi connectivity index (χ4v) is 3.25. The predicted octanol–water partition coefficient (Wildman–Crippen LogP) is 2.92. The summed E-state index contributed by atoms with van der Waals surface area (Å²) in [7, 11) is -3.26. The number of aromatic nitrogens is 2. The van der Waals surface area contributed by atoms with Gasteiger partial charge < -0.3 is 5.32 Å². The number of rotatable bonds is 5. The van der Waals surface area contributed by atoms with Gasteiger partial charge in [-0.05, 0) is 36.4 Å². The summed E-state index contributed by atoms with van der Waals surface area (Å²) < 4.78 is 25.3. The van der Waals surface area contributed by atoms with Crippen molar-refractivity contribution in [2.24, 2.45) is 0 Å². The molecule has 1 amide bonds. The molecule has 2 aromatic carbocycles. The first-order valence-electron chi connectivity index (χ1n) is 7.73. The summed E-state index contributed by atoms with van der Waals surface area (Å²) in [5, 5.41) is 2.76. The Morgan fingerprint density at radius 3 is 2.40 bits per heavy atom. The van der Waals surface area contributed by atoms with E-state index < -0.39 is 9.84 Å². The van der Waals surface area contributed by atoms with Crippen LogP contribution in [0.25, 0.3) is 5.69 Å². The number of imidazole rings is 1. The standard InChI is InChI=1S/C18H17N3O3S/c1-2-25(23,24)16-10-8-14(9-11-16)20-18(22)17-12-19-13-21(17)15-6-4-3-5-7-15/h3-13H,2H2,1H3,(H,20,22). The van der Waals surface area contributed by atoms with Gasteiger partial charge in [0, 0.05) is 11.4 Å². The van der Waals surface area contributed by atoms with E-state index in [9.17, 15) is 13.2 Å². The van der Waals surface area contributed by atoms with E-state index in [4.69, 9.17) is 0 Å². The molecule has 0 spiro atoms. The lowest BCUT2D eigenvalue weighted by molar-refractivity contribution is 0.102. The van der Waals surface area contributed by atoms with E-state index in [2.05, 4.69) is 10.3 Å². The van der Waals surface area contributed by atoms with Crippen molar-refractivity contribution in [3.8, 4) is 5.69 Å². The molecular formula is C18H17N3O3S. The number of benzene rings is 2. The Bertz CT molecular complexity index is 978. The van der Waals surface area contributed by atoms with Crippen LogP contribution in [0.5, 0.6) is 0 Å². The van der Waals surface area contributed by atoms with Crippen LogP contribution >= 0.6 is 0 Å². The quantitative estimate of drug-likeness (QED) is 0.763. The molecule has 0 atom stereocenters. The molecule has 6 nitrogen and oxygen atoms in total. The summed E-state index contributed by atoms with van der Waals surface area (Å²) in [6.07, 6.45) is 3.05. The molecule has 128 valence electrons. The van der Waals surface area contributed by atoms with E-state index in [1.54, 1.807) is 30.0 Å². The van der Waals surface area contributed by atoms with Crippen LogP contribution in [0.3, 0.4) is 0 Å². The van der Waals surface area contributed by atoms with Gasteiger partial charge in [0.15, 0.2) is 9.84 Å². The number of hydrogen-bond donors (Lipinski definition) is 1. The van der Waals surface area contributed by atoms with E-state index in [1.807, 2.05) is 30.3 Å². The molecule has 0 unspecified atom stereocenters. The lowest BCUT2D eigenvalue weighted by Crippen LogP contribution is -2.16. The number of sulfone groups is 1. The lowest BCUT2D eigenvalue weighted by atomic mass is 10.3. The van der Waals surface area contributed by atoms with Gasteiger partial charge in [0.05, 0.1) is 23.2 Å². The van der Waals surface area contributed by atoms with Crippen LogP contribution in [0.15, 0.2) is 72.0 Å². The minimum absolute atomic E-state index is 0.0367. The average Bonchev–Trinajstić information content (AvgIpc) is 3.13. The van der Waals surface area contributed by atoms with Crippen LogP contribution in [-0.2, 0) is 9.84 Å². The van der Waals surface area contributed by atoms with Gasteiger partial charge in [0.25, 0.3) is 5.91 Å². The van der Waals surface area contributed by atoms with Gasteiger partial charge in [0.1, 0.15) is 5.69 Å². The smallest absolute Gasteiger partial charge is 0.274 e. The molecule has 0 aliphatic rings. The van der Waals surface area contributed by atoms with Crippen LogP contribution in [0, 0.1) is 0 Å². The molecule has 1 N–H and O–H groups in total. The Hall–Kier alpha value is -2.93. The third-order valence-electron chi connectivity index (χ3n) is 3.76. The van der Waals surface area contributed by atoms with E-state index in [0.717, 1.165) is 5.69 Å². The average molecular weight is 355 g/mol. The predicted molar refractivity (Wildman–Crippen MR) is 95.7 cm³/mol. The van der Waals surface area contributed by atoms with Gasteiger partial charge in [0.2, 0.25) is 0 Å². The molecule has 0 aliphatic carbocycles. The number of nitrogens with zero attached hydrogens (tertiary/aromatic N) is 2. The molecule has 0 saturated heterocycles. The minimum Gasteiger partial charge on any atom is -0.321 e. The Morgan fingerprint density at radius 2 is 1.76 bits per heavy atom. The molecule has 0 radical (unpaired) electrons. The summed E-state index contributed by atoms with van der Waals surface area (Å²) in [4.78, 5) is 16.8. The summed E-state index contributed by atoms with van der Waals surface area (Å²) in [5.74, 6) is -0.290. The highest BCUT2D eigenvalue weighted by Crippen LogP contribution is 2.17. The number of anilines is 1. The van der Waals surface area contributed by atoms with Crippen LogP contribution < -0.4 is 5.32 Å². The number of nitrogens with one attached hydrogen (secondary N) is 1. The van der Waals surface area contributed by atoms with Gasteiger partial charge in [-0.3, -0.25) is 9.36 Å². The van der Waals surface area contributed by atoms with Gasteiger partial charge in [-0.15, -0.1) is 0 Å². The highest BCUT2D eigenvalue weighted by molar-refractivity contribution is 7.91. The van der Waals surface area contributed by atoms with Crippen molar-refractivity contribution in [1.82, 2.24) is 9.55 Å². The molecule has 25 heavy (non-hydrogen) atoms. The Labute approximate surface area is 146 Å². The topological polar surface area (TPSA) is 81.1 Å².